The Bertz CT molecular complexity index is 773. The second-order valence-corrected chi connectivity index (χ2v) is 5.92. The highest BCUT2D eigenvalue weighted by Crippen LogP contribution is 2.55. The summed E-state index contributed by atoms with van der Waals surface area (Å²) in [5, 5.41) is 0. The minimum atomic E-state index is -4.88. The van der Waals surface area contributed by atoms with Crippen molar-refractivity contribution in [3.05, 3.63) is 35.9 Å². The monoisotopic (exact) mass is 355 g/mol. The molecule has 9 heteroatoms. The van der Waals surface area contributed by atoms with Gasteiger partial charge in [-0.05, 0) is 19.1 Å². The molecule has 0 heterocycles. The summed E-state index contributed by atoms with van der Waals surface area (Å²) in [5.74, 6) is 0.516. The van der Waals surface area contributed by atoms with Crippen molar-refractivity contribution in [3.8, 4) is 28.7 Å². The molecule has 0 unspecified atom stereocenters. The molecule has 0 aliphatic rings. The van der Waals surface area contributed by atoms with Crippen LogP contribution in [-0.2, 0) is 4.57 Å². The van der Waals surface area contributed by atoms with Crippen LogP contribution in [0.15, 0.2) is 30.3 Å². The van der Waals surface area contributed by atoms with Gasteiger partial charge >= 0.3 is 7.82 Å². The fourth-order valence-corrected chi connectivity index (χ4v) is 2.60. The largest absolute Gasteiger partial charge is 0.525 e. The second-order valence-electron chi connectivity index (χ2n) is 4.76. The van der Waals surface area contributed by atoms with E-state index in [2.05, 4.69) is 0 Å². The Morgan fingerprint density at radius 2 is 1.54 bits per heavy atom. The number of nitrogen functional groups attached to an aromatic ring is 1. The highest BCUT2D eigenvalue weighted by Gasteiger charge is 2.29. The smallest absolute Gasteiger partial charge is 0.492 e. The Hall–Kier alpha value is -2.41. The van der Waals surface area contributed by atoms with E-state index in [9.17, 15) is 14.4 Å². The molecule has 0 fully saturated rings. The van der Waals surface area contributed by atoms with Crippen molar-refractivity contribution >= 4 is 13.5 Å². The van der Waals surface area contributed by atoms with Gasteiger partial charge in [0.05, 0.1) is 14.2 Å². The molecule has 0 saturated carbocycles. The lowest BCUT2D eigenvalue weighted by Crippen LogP contribution is -2.05. The van der Waals surface area contributed by atoms with E-state index < -0.39 is 7.82 Å². The van der Waals surface area contributed by atoms with Gasteiger partial charge in [-0.15, -0.1) is 0 Å². The first-order chi connectivity index (χ1) is 11.3. The quantitative estimate of drug-likeness (QED) is 0.534. The summed E-state index contributed by atoms with van der Waals surface area (Å²) < 4.78 is 32.2. The zero-order valence-electron chi connectivity index (χ0n) is 13.3. The molecule has 2 aromatic rings. The van der Waals surface area contributed by atoms with Crippen LogP contribution in [0, 0.1) is 6.92 Å². The topological polar surface area (TPSA) is 120 Å². The van der Waals surface area contributed by atoms with Gasteiger partial charge in [0.25, 0.3) is 0 Å². The van der Waals surface area contributed by atoms with Crippen LogP contribution >= 0.6 is 7.82 Å². The first kappa shape index (κ1) is 17.9. The number of hydrogen-bond acceptors (Lipinski definition) is 6. The fourth-order valence-electron chi connectivity index (χ4n) is 2.18. The molecule has 0 bridgehead atoms. The van der Waals surface area contributed by atoms with Crippen LogP contribution < -0.4 is 24.5 Å². The summed E-state index contributed by atoms with van der Waals surface area (Å²) in [6.07, 6.45) is 0. The van der Waals surface area contributed by atoms with Crippen molar-refractivity contribution in [1.29, 1.82) is 0 Å². The molecule has 0 aromatic heterocycles. The van der Waals surface area contributed by atoms with Crippen molar-refractivity contribution in [2.75, 3.05) is 20.0 Å². The van der Waals surface area contributed by atoms with E-state index in [0.717, 1.165) is 0 Å². The molecule has 0 saturated heterocycles. The van der Waals surface area contributed by atoms with Gasteiger partial charge in [0.15, 0.2) is 17.2 Å². The van der Waals surface area contributed by atoms with Crippen molar-refractivity contribution in [2.45, 2.75) is 6.92 Å². The molecule has 0 atom stereocenters. The normalized spacial score (nSPS) is 11.0. The van der Waals surface area contributed by atoms with Crippen molar-refractivity contribution in [1.82, 2.24) is 0 Å². The van der Waals surface area contributed by atoms with Crippen LogP contribution in [0.1, 0.15) is 5.56 Å². The molecule has 0 spiro atoms. The number of benzene rings is 2. The number of anilines is 1. The molecular formula is C15H18NO7P. The Balaban J connectivity index is 2.69. The van der Waals surface area contributed by atoms with E-state index in [1.165, 1.54) is 14.2 Å². The SMILES string of the molecule is COc1c(C)c(Oc2ccccc2)c(OP(=O)(O)O)c(N)c1OC. The number of rotatable bonds is 6. The second kappa shape index (κ2) is 7.00. The molecule has 4 N–H and O–H groups in total. The average Bonchev–Trinajstić information content (AvgIpc) is 2.53. The van der Waals surface area contributed by atoms with Gasteiger partial charge in [-0.3, -0.25) is 9.79 Å². The van der Waals surface area contributed by atoms with Crippen LogP contribution in [0.2, 0.25) is 0 Å². The highest BCUT2D eigenvalue weighted by atomic mass is 31.2. The minimum Gasteiger partial charge on any atom is -0.492 e. The number of methoxy groups -OCH3 is 2. The Morgan fingerprint density at radius 3 is 2.04 bits per heavy atom. The number of hydrogen-bond donors (Lipinski definition) is 3. The van der Waals surface area contributed by atoms with Gasteiger partial charge in [0, 0.05) is 5.56 Å². The maximum absolute atomic E-state index is 11.3. The minimum absolute atomic E-state index is 0.0275. The van der Waals surface area contributed by atoms with Gasteiger partial charge < -0.3 is 24.5 Å². The standard InChI is InChI=1S/C15H18NO7P/c1-9-12(20-2)14(21-3)11(16)15(23-24(17,18)19)13(9)22-10-7-5-4-6-8-10/h4-8H,16H2,1-3H3,(H2,17,18,19). The predicted octanol–water partition coefficient (Wildman–Crippen LogP) is 2.86. The van der Waals surface area contributed by atoms with Gasteiger partial charge in [0.1, 0.15) is 11.4 Å². The Morgan fingerprint density at radius 1 is 0.958 bits per heavy atom. The summed E-state index contributed by atoms with van der Waals surface area (Å²) in [5.41, 5.74) is 6.22. The summed E-state index contributed by atoms with van der Waals surface area (Å²) >= 11 is 0. The summed E-state index contributed by atoms with van der Waals surface area (Å²) in [6.45, 7) is 1.63. The lowest BCUT2D eigenvalue weighted by atomic mass is 10.1. The lowest BCUT2D eigenvalue weighted by Gasteiger charge is -2.21. The molecule has 0 aliphatic heterocycles. The number of phosphoric acid groups is 1. The van der Waals surface area contributed by atoms with Gasteiger partial charge in [0.2, 0.25) is 5.75 Å². The Labute approximate surface area is 139 Å². The zero-order chi connectivity index (χ0) is 17.9. The number of ether oxygens (including phenoxy) is 3. The average molecular weight is 355 g/mol. The van der Waals surface area contributed by atoms with Crippen LogP contribution in [0.4, 0.5) is 5.69 Å². The number of phosphoric ester groups is 1. The van der Waals surface area contributed by atoms with E-state index in [1.54, 1.807) is 37.3 Å². The zero-order valence-corrected chi connectivity index (χ0v) is 14.2. The molecule has 2 aromatic carbocycles. The molecule has 0 aliphatic carbocycles. The maximum atomic E-state index is 11.3. The molecule has 8 nitrogen and oxygen atoms in total. The molecule has 130 valence electrons. The number of para-hydroxylation sites is 1. The van der Waals surface area contributed by atoms with E-state index in [4.69, 9.17) is 24.5 Å². The van der Waals surface area contributed by atoms with Crippen LogP contribution in [0.3, 0.4) is 0 Å². The van der Waals surface area contributed by atoms with Crippen molar-refractivity contribution in [3.63, 3.8) is 0 Å². The van der Waals surface area contributed by atoms with E-state index in [1.807, 2.05) is 0 Å². The van der Waals surface area contributed by atoms with Gasteiger partial charge in [-0.25, -0.2) is 4.57 Å². The van der Waals surface area contributed by atoms with E-state index in [0.29, 0.717) is 11.3 Å². The summed E-state index contributed by atoms with van der Waals surface area (Å²) in [4.78, 5) is 18.3. The maximum Gasteiger partial charge on any atom is 0.525 e. The summed E-state index contributed by atoms with van der Waals surface area (Å²) in [7, 11) is -2.11. The predicted molar refractivity (Wildman–Crippen MR) is 87.9 cm³/mol. The third-order valence-corrected chi connectivity index (χ3v) is 3.58. The lowest BCUT2D eigenvalue weighted by molar-refractivity contribution is 0.277. The van der Waals surface area contributed by atoms with Crippen LogP contribution in [0.25, 0.3) is 0 Å². The fraction of sp³-hybridized carbons (Fsp3) is 0.200. The highest BCUT2D eigenvalue weighted by molar-refractivity contribution is 7.46. The third-order valence-electron chi connectivity index (χ3n) is 3.16. The number of nitrogens with two attached hydrogens (primary N) is 1. The van der Waals surface area contributed by atoms with Gasteiger partial charge in [-0.2, -0.15) is 0 Å². The third kappa shape index (κ3) is 3.73. The molecule has 24 heavy (non-hydrogen) atoms. The first-order valence-electron chi connectivity index (χ1n) is 6.80. The van der Waals surface area contributed by atoms with Crippen LogP contribution in [-0.4, -0.2) is 24.0 Å². The van der Waals surface area contributed by atoms with Gasteiger partial charge in [-0.1, -0.05) is 18.2 Å². The molecule has 0 radical (unpaired) electrons. The molecule has 0 amide bonds. The Kier molecular flexibility index (Phi) is 5.23. The van der Waals surface area contributed by atoms with Crippen LogP contribution in [0.5, 0.6) is 28.7 Å². The van der Waals surface area contributed by atoms with Crippen molar-refractivity contribution < 1.29 is 33.1 Å². The van der Waals surface area contributed by atoms with Crippen molar-refractivity contribution in [2.24, 2.45) is 0 Å². The van der Waals surface area contributed by atoms with E-state index >= 15 is 0 Å². The summed E-state index contributed by atoms with van der Waals surface area (Å²) in [6, 6.07) is 8.65. The first-order valence-corrected chi connectivity index (χ1v) is 8.33. The molecule has 2 rings (SSSR count). The molecular weight excluding hydrogens is 337 g/mol. The van der Waals surface area contributed by atoms with E-state index in [-0.39, 0.29) is 28.7 Å².